The van der Waals surface area contributed by atoms with Crippen molar-refractivity contribution in [1.29, 1.82) is 0 Å². The van der Waals surface area contributed by atoms with Gasteiger partial charge in [0.15, 0.2) is 0 Å². The molecule has 1 heterocycles. The van der Waals surface area contributed by atoms with Crippen molar-refractivity contribution in [3.8, 4) is 0 Å². The molecule has 1 N–H and O–H groups in total. The normalized spacial score (nSPS) is 11.1. The molecule has 1 aromatic heterocycles. The second-order valence-corrected chi connectivity index (χ2v) is 5.10. The van der Waals surface area contributed by atoms with Crippen LogP contribution in [0, 0.1) is 0 Å². The van der Waals surface area contributed by atoms with Crippen molar-refractivity contribution in [1.82, 2.24) is 9.88 Å². The summed E-state index contributed by atoms with van der Waals surface area (Å²) in [5, 5.41) is 9.17. The number of rotatable bonds is 4. The Balaban J connectivity index is 3.07. The molecule has 0 aliphatic carbocycles. The zero-order chi connectivity index (χ0) is 13.9. The fourth-order valence-corrected chi connectivity index (χ4v) is 1.80. The average molecular weight is 315 g/mol. The summed E-state index contributed by atoms with van der Waals surface area (Å²) >= 11 is 3.18. The number of pyridine rings is 1. The van der Waals surface area contributed by atoms with Crippen LogP contribution >= 0.6 is 15.9 Å². The molecule has 0 saturated heterocycles. The number of aliphatic carboxylic acids is 1. The van der Waals surface area contributed by atoms with E-state index in [4.69, 9.17) is 5.11 Å². The van der Waals surface area contributed by atoms with Gasteiger partial charge in [0.2, 0.25) is 0 Å². The zero-order valence-electron chi connectivity index (χ0n) is 10.5. The summed E-state index contributed by atoms with van der Waals surface area (Å²) in [7, 11) is 0. The van der Waals surface area contributed by atoms with Crippen molar-refractivity contribution in [2.45, 2.75) is 26.3 Å². The second kappa shape index (κ2) is 5.48. The van der Waals surface area contributed by atoms with E-state index >= 15 is 0 Å². The van der Waals surface area contributed by atoms with Gasteiger partial charge in [0.1, 0.15) is 10.1 Å². The van der Waals surface area contributed by atoms with Gasteiger partial charge in [-0.2, -0.15) is 0 Å². The first kappa shape index (κ1) is 14.6. The average Bonchev–Trinajstić information content (AvgIpc) is 2.30. The number of aromatic nitrogens is 1. The first-order chi connectivity index (χ1) is 8.30. The van der Waals surface area contributed by atoms with Gasteiger partial charge < -0.3 is 10.0 Å². The summed E-state index contributed by atoms with van der Waals surface area (Å²) in [6.45, 7) is 5.06. The Kier molecular flexibility index (Phi) is 4.45. The van der Waals surface area contributed by atoms with E-state index in [0.717, 1.165) is 0 Å². The Morgan fingerprint density at radius 3 is 2.44 bits per heavy atom. The number of hydrogen-bond acceptors (Lipinski definition) is 3. The number of nitrogens with zero attached hydrogens (tertiary/aromatic N) is 2. The molecular formula is C12H15BrN2O3. The van der Waals surface area contributed by atoms with Gasteiger partial charge in [0.05, 0.1) is 5.56 Å². The Morgan fingerprint density at radius 2 is 2.06 bits per heavy atom. The molecule has 1 rings (SSSR count). The number of carboxylic acids is 1. The molecule has 98 valence electrons. The highest BCUT2D eigenvalue weighted by Crippen LogP contribution is 2.18. The van der Waals surface area contributed by atoms with Crippen LogP contribution in [0.3, 0.4) is 0 Å². The van der Waals surface area contributed by atoms with Crippen LogP contribution < -0.4 is 0 Å². The van der Waals surface area contributed by atoms with Crippen LogP contribution in [-0.4, -0.2) is 39.0 Å². The van der Waals surface area contributed by atoms with E-state index in [9.17, 15) is 9.59 Å². The number of carbonyl (C=O) groups is 2. The fourth-order valence-electron chi connectivity index (χ4n) is 1.57. The Hall–Kier alpha value is -1.43. The maximum atomic E-state index is 12.2. The van der Waals surface area contributed by atoms with Gasteiger partial charge >= 0.3 is 5.97 Å². The molecule has 0 spiro atoms. The van der Waals surface area contributed by atoms with Crippen LogP contribution in [0.4, 0.5) is 0 Å². The minimum atomic E-state index is -1.25. The van der Waals surface area contributed by atoms with Gasteiger partial charge in [-0.25, -0.2) is 9.78 Å². The highest BCUT2D eigenvalue weighted by molar-refractivity contribution is 9.10. The molecule has 0 radical (unpaired) electrons. The molecule has 5 nitrogen and oxygen atoms in total. The summed E-state index contributed by atoms with van der Waals surface area (Å²) < 4.78 is 0.625. The number of carbonyl (C=O) groups excluding carboxylic acids is 1. The molecule has 18 heavy (non-hydrogen) atoms. The predicted octanol–water partition coefficient (Wildman–Crippen LogP) is 2.17. The first-order valence-electron chi connectivity index (χ1n) is 5.47. The molecule has 0 unspecified atom stereocenters. The van der Waals surface area contributed by atoms with Crippen LogP contribution in [0.1, 0.15) is 31.1 Å². The van der Waals surface area contributed by atoms with Crippen molar-refractivity contribution in [2.75, 3.05) is 6.54 Å². The predicted molar refractivity (Wildman–Crippen MR) is 70.4 cm³/mol. The highest BCUT2D eigenvalue weighted by atomic mass is 79.9. The van der Waals surface area contributed by atoms with Gasteiger partial charge in [-0.1, -0.05) is 0 Å². The third-order valence-corrected chi connectivity index (χ3v) is 3.20. The molecule has 0 aliphatic rings. The summed E-state index contributed by atoms with van der Waals surface area (Å²) in [5.74, 6) is -1.38. The zero-order valence-corrected chi connectivity index (χ0v) is 12.1. The van der Waals surface area contributed by atoms with E-state index in [1.165, 1.54) is 24.9 Å². The van der Waals surface area contributed by atoms with E-state index in [2.05, 4.69) is 20.9 Å². The van der Waals surface area contributed by atoms with Crippen molar-refractivity contribution >= 4 is 27.8 Å². The third kappa shape index (κ3) is 2.87. The van der Waals surface area contributed by atoms with Crippen LogP contribution in [-0.2, 0) is 4.79 Å². The van der Waals surface area contributed by atoms with E-state index in [-0.39, 0.29) is 5.91 Å². The lowest BCUT2D eigenvalue weighted by Crippen LogP contribution is -2.52. The van der Waals surface area contributed by atoms with E-state index in [1.54, 1.807) is 19.1 Å². The number of amides is 1. The molecule has 1 amide bonds. The summed E-state index contributed by atoms with van der Waals surface area (Å²) in [6.07, 6.45) is 1.42. The summed E-state index contributed by atoms with van der Waals surface area (Å²) in [4.78, 5) is 28.7. The standard InChI is InChI=1S/C12H15BrN2O3/c1-4-15(12(2,3)11(17)18)10(16)8-5-6-9(13)14-7-8/h5-7H,4H2,1-3H3,(H,17,18). The Labute approximate surface area is 114 Å². The molecule has 0 aromatic carbocycles. The third-order valence-electron chi connectivity index (χ3n) is 2.73. The van der Waals surface area contributed by atoms with Crippen molar-refractivity contribution in [3.05, 3.63) is 28.5 Å². The molecule has 0 bridgehead atoms. The lowest BCUT2D eigenvalue weighted by Gasteiger charge is -2.34. The van der Waals surface area contributed by atoms with Crippen molar-refractivity contribution in [2.24, 2.45) is 0 Å². The molecule has 6 heteroatoms. The molecule has 0 atom stereocenters. The van der Waals surface area contributed by atoms with Crippen LogP contribution in [0.5, 0.6) is 0 Å². The molecule has 0 saturated carbocycles. The lowest BCUT2D eigenvalue weighted by molar-refractivity contribution is -0.147. The van der Waals surface area contributed by atoms with Crippen LogP contribution in [0.2, 0.25) is 0 Å². The monoisotopic (exact) mass is 314 g/mol. The van der Waals surface area contributed by atoms with Gasteiger partial charge in [-0.15, -0.1) is 0 Å². The maximum absolute atomic E-state index is 12.2. The molecule has 0 fully saturated rings. The first-order valence-corrected chi connectivity index (χ1v) is 6.27. The van der Waals surface area contributed by atoms with Crippen LogP contribution in [0.25, 0.3) is 0 Å². The van der Waals surface area contributed by atoms with Gasteiger partial charge in [-0.3, -0.25) is 4.79 Å². The summed E-state index contributed by atoms with van der Waals surface area (Å²) in [5.41, 5.74) is -0.881. The van der Waals surface area contributed by atoms with Gasteiger partial charge in [-0.05, 0) is 48.8 Å². The van der Waals surface area contributed by atoms with Crippen LogP contribution in [0.15, 0.2) is 22.9 Å². The van der Waals surface area contributed by atoms with E-state index in [1.807, 2.05) is 0 Å². The Morgan fingerprint density at radius 1 is 1.44 bits per heavy atom. The van der Waals surface area contributed by atoms with Gasteiger partial charge in [0, 0.05) is 12.7 Å². The molecule has 0 aliphatic heterocycles. The van der Waals surface area contributed by atoms with Crippen molar-refractivity contribution < 1.29 is 14.7 Å². The highest BCUT2D eigenvalue weighted by Gasteiger charge is 2.37. The maximum Gasteiger partial charge on any atom is 0.329 e. The quantitative estimate of drug-likeness (QED) is 0.865. The van der Waals surface area contributed by atoms with E-state index in [0.29, 0.717) is 16.7 Å². The molecule has 1 aromatic rings. The minimum absolute atomic E-state index is 0.314. The van der Waals surface area contributed by atoms with Crippen molar-refractivity contribution in [3.63, 3.8) is 0 Å². The summed E-state index contributed by atoms with van der Waals surface area (Å²) in [6, 6.07) is 3.26. The Bertz CT molecular complexity index is 457. The second-order valence-electron chi connectivity index (χ2n) is 4.28. The number of carboxylic acid groups (broad SMARTS) is 1. The SMILES string of the molecule is CCN(C(=O)c1ccc(Br)nc1)C(C)(C)C(=O)O. The minimum Gasteiger partial charge on any atom is -0.480 e. The van der Waals surface area contributed by atoms with Gasteiger partial charge in [0.25, 0.3) is 5.91 Å². The fraction of sp³-hybridized carbons (Fsp3) is 0.417. The lowest BCUT2D eigenvalue weighted by atomic mass is 10.0. The number of halogens is 1. The largest absolute Gasteiger partial charge is 0.480 e. The van der Waals surface area contributed by atoms with E-state index < -0.39 is 11.5 Å². The topological polar surface area (TPSA) is 70.5 Å². The number of hydrogen-bond donors (Lipinski definition) is 1. The molecular weight excluding hydrogens is 300 g/mol. The smallest absolute Gasteiger partial charge is 0.329 e. The number of likely N-dealkylation sites (N-methyl/N-ethyl adjacent to an activating group) is 1.